The standard InChI is InChI=1S/C51H33N5/c1-4-16-34(17-5-1)49-52-50(35-18-6-2-7-19-35)54-51(53-49)37-20-14-23-39(32-37)55-45-28-12-11-25-42(45)44-33-36(30-31-47(44)55)40-26-15-27-43-41-24-10-13-29-46(41)56(48(40)43)38-21-8-3-9-22-38/h1-33H. The van der Waals surface area contributed by atoms with Crippen molar-refractivity contribution in [3.63, 3.8) is 0 Å². The molecule has 0 atom stereocenters. The Bertz CT molecular complexity index is 3180. The summed E-state index contributed by atoms with van der Waals surface area (Å²) in [5.41, 5.74) is 12.0. The molecule has 0 fully saturated rings. The summed E-state index contributed by atoms with van der Waals surface area (Å²) in [5, 5.41) is 4.88. The summed E-state index contributed by atoms with van der Waals surface area (Å²) in [6.07, 6.45) is 0. The molecule has 11 aromatic rings. The van der Waals surface area contributed by atoms with Crippen LogP contribution in [0, 0.1) is 0 Å². The van der Waals surface area contributed by atoms with Crippen LogP contribution < -0.4 is 0 Å². The zero-order valence-electron chi connectivity index (χ0n) is 30.3. The molecule has 0 amide bonds. The summed E-state index contributed by atoms with van der Waals surface area (Å²) in [4.78, 5) is 15.0. The molecule has 0 bridgehead atoms. The lowest BCUT2D eigenvalue weighted by atomic mass is 10.00. The number of benzene rings is 8. The van der Waals surface area contributed by atoms with E-state index in [-0.39, 0.29) is 0 Å². The molecule has 5 heteroatoms. The van der Waals surface area contributed by atoms with Gasteiger partial charge in [-0.25, -0.2) is 15.0 Å². The molecule has 0 aliphatic heterocycles. The maximum absolute atomic E-state index is 5.03. The molecule has 0 radical (unpaired) electrons. The average Bonchev–Trinajstić information content (AvgIpc) is 3.80. The maximum Gasteiger partial charge on any atom is 0.164 e. The zero-order chi connectivity index (χ0) is 37.0. The molecule has 0 N–H and O–H groups in total. The summed E-state index contributed by atoms with van der Waals surface area (Å²) in [7, 11) is 0. The van der Waals surface area contributed by atoms with E-state index >= 15 is 0 Å². The van der Waals surface area contributed by atoms with Crippen LogP contribution in [0.15, 0.2) is 200 Å². The Morgan fingerprint density at radius 3 is 1.45 bits per heavy atom. The van der Waals surface area contributed by atoms with E-state index in [1.807, 2.05) is 60.7 Å². The van der Waals surface area contributed by atoms with Gasteiger partial charge in [0.1, 0.15) is 0 Å². The molecule has 0 spiro atoms. The van der Waals surface area contributed by atoms with E-state index in [9.17, 15) is 0 Å². The quantitative estimate of drug-likeness (QED) is 0.172. The smallest absolute Gasteiger partial charge is 0.164 e. The van der Waals surface area contributed by atoms with Gasteiger partial charge in [0.2, 0.25) is 0 Å². The summed E-state index contributed by atoms with van der Waals surface area (Å²) in [6, 6.07) is 70.4. The molecule has 0 aliphatic carbocycles. The Hall–Kier alpha value is -7.63. The predicted octanol–water partition coefficient (Wildman–Crippen LogP) is 12.7. The van der Waals surface area contributed by atoms with E-state index in [0.29, 0.717) is 17.5 Å². The maximum atomic E-state index is 5.03. The topological polar surface area (TPSA) is 48.5 Å². The molecule has 0 unspecified atom stereocenters. The first-order chi connectivity index (χ1) is 27.8. The van der Waals surface area contributed by atoms with Gasteiger partial charge < -0.3 is 9.13 Å². The monoisotopic (exact) mass is 715 g/mol. The lowest BCUT2D eigenvalue weighted by Gasteiger charge is -2.13. The number of hydrogen-bond acceptors (Lipinski definition) is 3. The molecule has 0 saturated carbocycles. The second-order valence-electron chi connectivity index (χ2n) is 14.1. The summed E-state index contributed by atoms with van der Waals surface area (Å²) in [5.74, 6) is 1.92. The first-order valence-electron chi connectivity index (χ1n) is 18.9. The van der Waals surface area contributed by atoms with Crippen molar-refractivity contribution in [3.8, 4) is 56.7 Å². The van der Waals surface area contributed by atoms with Crippen molar-refractivity contribution < 1.29 is 0 Å². The van der Waals surface area contributed by atoms with Crippen LogP contribution in [0.3, 0.4) is 0 Å². The minimum absolute atomic E-state index is 0.629. The minimum Gasteiger partial charge on any atom is -0.309 e. The second kappa shape index (κ2) is 13.0. The fraction of sp³-hybridized carbons (Fsp3) is 0. The fourth-order valence-corrected chi connectivity index (χ4v) is 8.24. The van der Waals surface area contributed by atoms with Crippen LogP contribution in [-0.4, -0.2) is 24.1 Å². The Labute approximate surface area is 323 Å². The molecule has 5 nitrogen and oxygen atoms in total. The van der Waals surface area contributed by atoms with E-state index in [1.54, 1.807) is 0 Å². The van der Waals surface area contributed by atoms with Gasteiger partial charge in [-0.1, -0.05) is 152 Å². The highest BCUT2D eigenvalue weighted by Gasteiger charge is 2.19. The van der Waals surface area contributed by atoms with Gasteiger partial charge in [0, 0.05) is 55.2 Å². The highest BCUT2D eigenvalue weighted by atomic mass is 15.0. The molecular formula is C51H33N5. The second-order valence-corrected chi connectivity index (χ2v) is 14.1. The van der Waals surface area contributed by atoms with Crippen LogP contribution in [0.5, 0.6) is 0 Å². The average molecular weight is 716 g/mol. The van der Waals surface area contributed by atoms with E-state index in [2.05, 4.69) is 149 Å². The molecule has 3 aromatic heterocycles. The fourth-order valence-electron chi connectivity index (χ4n) is 8.24. The highest BCUT2D eigenvalue weighted by molar-refractivity contribution is 6.15. The zero-order valence-corrected chi connectivity index (χ0v) is 30.3. The number of hydrogen-bond donors (Lipinski definition) is 0. The van der Waals surface area contributed by atoms with E-state index in [1.165, 1.54) is 43.7 Å². The van der Waals surface area contributed by atoms with Gasteiger partial charge in [0.05, 0.1) is 22.1 Å². The first-order valence-corrected chi connectivity index (χ1v) is 18.9. The van der Waals surface area contributed by atoms with Gasteiger partial charge in [-0.05, 0) is 54.1 Å². The van der Waals surface area contributed by atoms with Crippen molar-refractivity contribution in [1.82, 2.24) is 24.1 Å². The number of nitrogens with zero attached hydrogens (tertiary/aromatic N) is 5. The molecular weight excluding hydrogens is 683 g/mol. The molecule has 0 saturated heterocycles. The number of para-hydroxylation sites is 4. The molecule has 56 heavy (non-hydrogen) atoms. The van der Waals surface area contributed by atoms with Crippen LogP contribution in [0.25, 0.3) is 100 Å². The Morgan fingerprint density at radius 1 is 0.286 bits per heavy atom. The van der Waals surface area contributed by atoms with Gasteiger partial charge in [-0.3, -0.25) is 0 Å². The van der Waals surface area contributed by atoms with Gasteiger partial charge in [-0.15, -0.1) is 0 Å². The molecule has 11 rings (SSSR count). The number of rotatable bonds is 6. The van der Waals surface area contributed by atoms with Crippen LogP contribution in [-0.2, 0) is 0 Å². The highest BCUT2D eigenvalue weighted by Crippen LogP contribution is 2.41. The Balaban J connectivity index is 1.09. The number of fused-ring (bicyclic) bond motifs is 6. The summed E-state index contributed by atoms with van der Waals surface area (Å²) < 4.78 is 4.77. The summed E-state index contributed by atoms with van der Waals surface area (Å²) >= 11 is 0. The third-order valence-electron chi connectivity index (χ3n) is 10.8. The Kier molecular flexibility index (Phi) is 7.42. The molecule has 8 aromatic carbocycles. The minimum atomic E-state index is 0.629. The predicted molar refractivity (Wildman–Crippen MR) is 230 cm³/mol. The lowest BCUT2D eigenvalue weighted by molar-refractivity contribution is 1.07. The summed E-state index contributed by atoms with van der Waals surface area (Å²) in [6.45, 7) is 0. The van der Waals surface area contributed by atoms with Gasteiger partial charge in [0.15, 0.2) is 17.5 Å². The van der Waals surface area contributed by atoms with Crippen LogP contribution in [0.1, 0.15) is 0 Å². The largest absolute Gasteiger partial charge is 0.309 e. The van der Waals surface area contributed by atoms with Crippen molar-refractivity contribution in [1.29, 1.82) is 0 Å². The third kappa shape index (κ3) is 5.21. The van der Waals surface area contributed by atoms with Crippen LogP contribution in [0.2, 0.25) is 0 Å². The number of aromatic nitrogens is 5. The lowest BCUT2D eigenvalue weighted by Crippen LogP contribution is -2.01. The van der Waals surface area contributed by atoms with Crippen molar-refractivity contribution in [2.45, 2.75) is 0 Å². The van der Waals surface area contributed by atoms with Crippen molar-refractivity contribution in [2.75, 3.05) is 0 Å². The normalized spacial score (nSPS) is 11.6. The van der Waals surface area contributed by atoms with Crippen molar-refractivity contribution in [3.05, 3.63) is 200 Å². The first kappa shape index (κ1) is 31.9. The van der Waals surface area contributed by atoms with Gasteiger partial charge >= 0.3 is 0 Å². The molecule has 3 heterocycles. The van der Waals surface area contributed by atoms with Crippen molar-refractivity contribution in [2.24, 2.45) is 0 Å². The Morgan fingerprint density at radius 2 is 0.768 bits per heavy atom. The van der Waals surface area contributed by atoms with Crippen molar-refractivity contribution >= 4 is 43.6 Å². The van der Waals surface area contributed by atoms with E-state index < -0.39 is 0 Å². The van der Waals surface area contributed by atoms with Crippen LogP contribution >= 0.6 is 0 Å². The molecule has 262 valence electrons. The van der Waals surface area contributed by atoms with Crippen LogP contribution in [0.4, 0.5) is 0 Å². The van der Waals surface area contributed by atoms with E-state index in [4.69, 9.17) is 15.0 Å². The molecule has 0 aliphatic rings. The SMILES string of the molecule is c1ccc(-c2nc(-c3ccccc3)nc(-c3cccc(-n4c5ccccc5c5cc(-c6cccc7c8ccccc8n(-c8ccccc8)c67)ccc54)c3)n2)cc1. The van der Waals surface area contributed by atoms with Gasteiger partial charge in [-0.2, -0.15) is 0 Å². The third-order valence-corrected chi connectivity index (χ3v) is 10.8. The van der Waals surface area contributed by atoms with E-state index in [0.717, 1.165) is 39.1 Å². The van der Waals surface area contributed by atoms with Gasteiger partial charge in [0.25, 0.3) is 0 Å².